The van der Waals surface area contributed by atoms with E-state index in [2.05, 4.69) is 51.2 Å². The molecule has 3 rings (SSSR count). The molecule has 0 aromatic carbocycles. The molecule has 6 heteroatoms. The van der Waals surface area contributed by atoms with E-state index in [9.17, 15) is 4.79 Å². The summed E-state index contributed by atoms with van der Waals surface area (Å²) in [5.41, 5.74) is 1.34. The Kier molecular flexibility index (Phi) is 8.25. The van der Waals surface area contributed by atoms with Crippen molar-refractivity contribution in [1.29, 1.82) is 0 Å². The van der Waals surface area contributed by atoms with Crippen LogP contribution in [0, 0.1) is 5.92 Å². The molecule has 2 aliphatic rings. The van der Waals surface area contributed by atoms with E-state index in [0.29, 0.717) is 6.04 Å². The van der Waals surface area contributed by atoms with Crippen LogP contribution in [0.1, 0.15) is 37.7 Å². The highest BCUT2D eigenvalue weighted by atomic mass is 16.1. The highest BCUT2D eigenvalue weighted by Gasteiger charge is 2.31. The van der Waals surface area contributed by atoms with Gasteiger partial charge in [0.1, 0.15) is 0 Å². The van der Waals surface area contributed by atoms with Crippen LogP contribution in [0.2, 0.25) is 0 Å². The minimum absolute atomic E-state index is 0.169. The van der Waals surface area contributed by atoms with E-state index in [1.165, 1.54) is 18.4 Å². The molecule has 28 heavy (non-hydrogen) atoms. The first-order chi connectivity index (χ1) is 13.6. The number of carbonyl (C=O) groups excluding carboxylic acids is 1. The first-order valence-corrected chi connectivity index (χ1v) is 10.9. The second-order valence-electron chi connectivity index (χ2n) is 8.64. The number of likely N-dealkylation sites (tertiary alicyclic amines) is 2. The number of nitrogens with one attached hydrogen (secondary N) is 1. The van der Waals surface area contributed by atoms with Gasteiger partial charge >= 0.3 is 0 Å². The summed E-state index contributed by atoms with van der Waals surface area (Å²) in [6, 6.07) is 4.86. The van der Waals surface area contributed by atoms with Gasteiger partial charge in [0.2, 0.25) is 5.91 Å². The van der Waals surface area contributed by atoms with Gasteiger partial charge in [-0.1, -0.05) is 0 Å². The third kappa shape index (κ3) is 6.54. The quantitative estimate of drug-likeness (QED) is 0.690. The molecule has 0 radical (unpaired) electrons. The fourth-order valence-electron chi connectivity index (χ4n) is 4.49. The minimum atomic E-state index is 0.169. The second kappa shape index (κ2) is 10.9. The smallest absolute Gasteiger partial charge is 0.224 e. The van der Waals surface area contributed by atoms with Gasteiger partial charge in [0, 0.05) is 38.1 Å². The third-order valence-corrected chi connectivity index (χ3v) is 6.13. The number of hydrogen-bond donors (Lipinski definition) is 1. The van der Waals surface area contributed by atoms with Crippen LogP contribution < -0.4 is 5.32 Å². The molecule has 156 valence electrons. The standard InChI is InChI=1S/C22H37N5O/c1-25(2)13-4-10-24-22(28)20-5-3-14-27(18-20)21-8-15-26(16-9-21)17-19-6-11-23-12-7-19/h6-7,11-12,20-21H,3-5,8-10,13-18H2,1-2H3,(H,24,28)/t20-/m1/s1. The zero-order valence-electron chi connectivity index (χ0n) is 17.6. The third-order valence-electron chi connectivity index (χ3n) is 6.13. The maximum absolute atomic E-state index is 12.6. The molecule has 2 fully saturated rings. The van der Waals surface area contributed by atoms with Crippen LogP contribution in [0.15, 0.2) is 24.5 Å². The predicted octanol–water partition coefficient (Wildman–Crippen LogP) is 1.83. The van der Waals surface area contributed by atoms with Crippen LogP contribution in [0.4, 0.5) is 0 Å². The number of carbonyl (C=O) groups is 1. The molecule has 1 atom stereocenters. The molecule has 0 aliphatic carbocycles. The Labute approximate surface area is 170 Å². The molecule has 0 unspecified atom stereocenters. The van der Waals surface area contributed by atoms with E-state index in [0.717, 1.165) is 65.1 Å². The summed E-state index contributed by atoms with van der Waals surface area (Å²) in [6.07, 6.45) is 9.38. The van der Waals surface area contributed by atoms with Crippen LogP contribution in [-0.2, 0) is 11.3 Å². The van der Waals surface area contributed by atoms with Gasteiger partial charge in [0.15, 0.2) is 0 Å². The van der Waals surface area contributed by atoms with E-state index in [-0.39, 0.29) is 11.8 Å². The predicted molar refractivity (Wildman–Crippen MR) is 113 cm³/mol. The van der Waals surface area contributed by atoms with Crippen LogP contribution in [-0.4, -0.2) is 85.0 Å². The SMILES string of the molecule is CN(C)CCCNC(=O)[C@@H]1CCCN(C2CCN(Cc3ccncc3)CC2)C1. The number of nitrogens with zero attached hydrogens (tertiary/aromatic N) is 4. The largest absolute Gasteiger partial charge is 0.356 e. The molecular weight excluding hydrogens is 350 g/mol. The van der Waals surface area contributed by atoms with Gasteiger partial charge in [-0.2, -0.15) is 0 Å². The van der Waals surface area contributed by atoms with Crippen molar-refractivity contribution in [3.8, 4) is 0 Å². The number of rotatable bonds is 8. The fraction of sp³-hybridized carbons (Fsp3) is 0.727. The summed E-state index contributed by atoms with van der Waals surface area (Å²) in [5, 5.41) is 3.16. The van der Waals surface area contributed by atoms with E-state index in [1.54, 1.807) is 0 Å². The minimum Gasteiger partial charge on any atom is -0.356 e. The Morgan fingerprint density at radius 1 is 1.18 bits per heavy atom. The molecule has 0 spiro atoms. The van der Waals surface area contributed by atoms with Crippen molar-refractivity contribution in [2.45, 2.75) is 44.7 Å². The van der Waals surface area contributed by atoms with Gasteiger partial charge in [0.25, 0.3) is 0 Å². The molecule has 3 heterocycles. The van der Waals surface area contributed by atoms with Gasteiger partial charge in [-0.05, 0) is 90.1 Å². The van der Waals surface area contributed by atoms with E-state index >= 15 is 0 Å². The molecule has 1 aromatic rings. The topological polar surface area (TPSA) is 51.7 Å². The number of aromatic nitrogens is 1. The maximum Gasteiger partial charge on any atom is 0.224 e. The summed E-state index contributed by atoms with van der Waals surface area (Å²) in [4.78, 5) is 24.0. The molecule has 1 amide bonds. The lowest BCUT2D eigenvalue weighted by molar-refractivity contribution is -0.127. The molecule has 1 N–H and O–H groups in total. The van der Waals surface area contributed by atoms with Crippen molar-refractivity contribution in [3.05, 3.63) is 30.1 Å². The van der Waals surface area contributed by atoms with Crippen LogP contribution in [0.25, 0.3) is 0 Å². The summed E-state index contributed by atoms with van der Waals surface area (Å²) in [6.45, 7) is 7.22. The van der Waals surface area contributed by atoms with Crippen LogP contribution >= 0.6 is 0 Å². The van der Waals surface area contributed by atoms with Crippen LogP contribution in [0.3, 0.4) is 0 Å². The van der Waals surface area contributed by atoms with Gasteiger partial charge in [-0.25, -0.2) is 0 Å². The lowest BCUT2D eigenvalue weighted by atomic mass is 9.93. The number of pyridine rings is 1. The van der Waals surface area contributed by atoms with Crippen LogP contribution in [0.5, 0.6) is 0 Å². The highest BCUT2D eigenvalue weighted by Crippen LogP contribution is 2.24. The first kappa shape index (κ1) is 21.2. The number of piperidine rings is 2. The molecule has 1 aromatic heterocycles. The average molecular weight is 388 g/mol. The zero-order valence-corrected chi connectivity index (χ0v) is 17.6. The van der Waals surface area contributed by atoms with Crippen molar-refractivity contribution in [3.63, 3.8) is 0 Å². The van der Waals surface area contributed by atoms with E-state index in [4.69, 9.17) is 0 Å². The summed E-state index contributed by atoms with van der Waals surface area (Å²) in [5.74, 6) is 0.432. The second-order valence-corrected chi connectivity index (χ2v) is 8.64. The van der Waals surface area contributed by atoms with Crippen molar-refractivity contribution in [1.82, 2.24) is 25.0 Å². The Morgan fingerprint density at radius 3 is 2.64 bits per heavy atom. The fourth-order valence-corrected chi connectivity index (χ4v) is 4.49. The Morgan fingerprint density at radius 2 is 1.93 bits per heavy atom. The van der Waals surface area contributed by atoms with Crippen molar-refractivity contribution in [2.24, 2.45) is 5.92 Å². The maximum atomic E-state index is 12.6. The highest BCUT2D eigenvalue weighted by molar-refractivity contribution is 5.78. The monoisotopic (exact) mass is 387 g/mol. The normalized spacial score (nSPS) is 22.5. The summed E-state index contributed by atoms with van der Waals surface area (Å²) >= 11 is 0. The molecule has 0 saturated carbocycles. The van der Waals surface area contributed by atoms with Gasteiger partial charge in [-0.15, -0.1) is 0 Å². The Balaban J connectivity index is 1.39. The number of amides is 1. The first-order valence-electron chi connectivity index (χ1n) is 10.9. The van der Waals surface area contributed by atoms with Crippen molar-refractivity contribution < 1.29 is 4.79 Å². The molecule has 2 aliphatic heterocycles. The molecule has 0 bridgehead atoms. The Bertz CT molecular complexity index is 586. The molecule has 6 nitrogen and oxygen atoms in total. The van der Waals surface area contributed by atoms with Gasteiger partial charge in [0.05, 0.1) is 5.92 Å². The summed E-state index contributed by atoms with van der Waals surface area (Å²) in [7, 11) is 4.15. The van der Waals surface area contributed by atoms with Gasteiger partial charge < -0.3 is 10.2 Å². The number of hydrogen-bond acceptors (Lipinski definition) is 5. The lowest BCUT2D eigenvalue weighted by Gasteiger charge is -2.42. The lowest BCUT2D eigenvalue weighted by Crippen LogP contribution is -2.50. The van der Waals surface area contributed by atoms with E-state index in [1.807, 2.05) is 12.4 Å². The van der Waals surface area contributed by atoms with Crippen molar-refractivity contribution in [2.75, 3.05) is 53.4 Å². The van der Waals surface area contributed by atoms with Crippen molar-refractivity contribution >= 4 is 5.91 Å². The summed E-state index contributed by atoms with van der Waals surface area (Å²) < 4.78 is 0. The average Bonchev–Trinajstić information content (AvgIpc) is 2.72. The Hall–Kier alpha value is -1.50. The van der Waals surface area contributed by atoms with Gasteiger partial charge in [-0.3, -0.25) is 19.6 Å². The molecular formula is C22H37N5O. The molecule has 2 saturated heterocycles. The zero-order chi connectivity index (χ0) is 19.8. The van der Waals surface area contributed by atoms with E-state index < -0.39 is 0 Å².